The summed E-state index contributed by atoms with van der Waals surface area (Å²) < 4.78 is 1.44. The molecule has 2 amide bonds. The van der Waals surface area contributed by atoms with Crippen molar-refractivity contribution < 1.29 is 14.7 Å². The minimum absolute atomic E-state index is 0.323. The largest absolute Gasteiger partial charge is 0.481 e. The lowest BCUT2D eigenvalue weighted by atomic mass is 10.0. The number of amides is 2. The number of likely N-dealkylation sites (tertiary alicyclic amines) is 1. The first-order valence-electron chi connectivity index (χ1n) is 5.65. The highest BCUT2D eigenvalue weighted by Gasteiger charge is 2.38. The number of urea groups is 1. The topological polar surface area (TPSA) is 100 Å². The highest BCUT2D eigenvalue weighted by molar-refractivity contribution is 5.88. The van der Waals surface area contributed by atoms with E-state index in [0.29, 0.717) is 18.9 Å². The van der Waals surface area contributed by atoms with E-state index in [-0.39, 0.29) is 12.1 Å². The molecule has 1 aliphatic heterocycles. The molecule has 2 atom stereocenters. The van der Waals surface area contributed by atoms with Gasteiger partial charge in [-0.2, -0.15) is 10.1 Å². The third-order valence-corrected chi connectivity index (χ3v) is 3.26. The molecule has 8 heteroatoms. The van der Waals surface area contributed by atoms with Crippen LogP contribution in [0.3, 0.4) is 0 Å². The Balaban J connectivity index is 2.03. The predicted octanol–water partition coefficient (Wildman–Crippen LogP) is 0.142. The van der Waals surface area contributed by atoms with Crippen LogP contribution in [0, 0.1) is 5.92 Å². The summed E-state index contributed by atoms with van der Waals surface area (Å²) in [5.41, 5.74) is 0. The first kappa shape index (κ1) is 12.3. The first-order valence-corrected chi connectivity index (χ1v) is 5.65. The van der Waals surface area contributed by atoms with E-state index in [4.69, 9.17) is 5.11 Å². The van der Waals surface area contributed by atoms with Crippen molar-refractivity contribution in [2.24, 2.45) is 13.0 Å². The van der Waals surface area contributed by atoms with Gasteiger partial charge in [0.1, 0.15) is 6.33 Å². The molecule has 1 fully saturated rings. The van der Waals surface area contributed by atoms with Gasteiger partial charge in [-0.3, -0.25) is 10.1 Å². The Kier molecular flexibility index (Phi) is 3.17. The van der Waals surface area contributed by atoms with Gasteiger partial charge < -0.3 is 10.0 Å². The number of nitrogens with zero attached hydrogens (tertiary/aromatic N) is 4. The number of nitrogens with one attached hydrogen (secondary N) is 1. The summed E-state index contributed by atoms with van der Waals surface area (Å²) in [6, 6.07) is -0.668. The van der Waals surface area contributed by atoms with Crippen molar-refractivity contribution in [3.8, 4) is 0 Å². The summed E-state index contributed by atoms with van der Waals surface area (Å²) >= 11 is 0. The molecule has 0 aromatic carbocycles. The quantitative estimate of drug-likeness (QED) is 0.781. The van der Waals surface area contributed by atoms with Crippen molar-refractivity contribution in [2.75, 3.05) is 11.9 Å². The molecule has 0 bridgehead atoms. The van der Waals surface area contributed by atoms with Gasteiger partial charge in [0, 0.05) is 19.6 Å². The molecule has 2 unspecified atom stereocenters. The number of aromatic nitrogens is 3. The molecule has 2 N–H and O–H groups in total. The van der Waals surface area contributed by atoms with Gasteiger partial charge in [-0.25, -0.2) is 9.48 Å². The lowest BCUT2D eigenvalue weighted by Gasteiger charge is -2.23. The maximum atomic E-state index is 12.0. The summed E-state index contributed by atoms with van der Waals surface area (Å²) in [6.07, 6.45) is 1.81. The SMILES string of the molecule is CC1C(C(=O)O)CCN1C(=O)Nc1ncnn1C. The fraction of sp³-hybridized carbons (Fsp3) is 0.600. The Morgan fingerprint density at radius 1 is 1.56 bits per heavy atom. The van der Waals surface area contributed by atoms with Gasteiger partial charge in [0.15, 0.2) is 0 Å². The van der Waals surface area contributed by atoms with Gasteiger partial charge in [-0.05, 0) is 13.3 Å². The smallest absolute Gasteiger partial charge is 0.324 e. The Morgan fingerprint density at radius 2 is 2.28 bits per heavy atom. The van der Waals surface area contributed by atoms with Gasteiger partial charge >= 0.3 is 12.0 Å². The minimum Gasteiger partial charge on any atom is -0.481 e. The van der Waals surface area contributed by atoms with Crippen molar-refractivity contribution >= 4 is 17.9 Å². The number of hydrogen-bond acceptors (Lipinski definition) is 4. The zero-order valence-corrected chi connectivity index (χ0v) is 10.2. The van der Waals surface area contributed by atoms with E-state index in [9.17, 15) is 9.59 Å². The molecule has 1 aromatic rings. The van der Waals surface area contributed by atoms with E-state index in [1.807, 2.05) is 0 Å². The van der Waals surface area contributed by atoms with E-state index in [1.165, 1.54) is 15.9 Å². The van der Waals surface area contributed by atoms with Crippen LogP contribution >= 0.6 is 0 Å². The van der Waals surface area contributed by atoms with Gasteiger partial charge in [0.25, 0.3) is 0 Å². The van der Waals surface area contributed by atoms with Crippen LogP contribution < -0.4 is 5.32 Å². The monoisotopic (exact) mass is 253 g/mol. The molecule has 0 spiro atoms. The van der Waals surface area contributed by atoms with Crippen LogP contribution in [0.15, 0.2) is 6.33 Å². The highest BCUT2D eigenvalue weighted by Crippen LogP contribution is 2.24. The average molecular weight is 253 g/mol. The molecule has 2 rings (SSSR count). The van der Waals surface area contributed by atoms with Crippen LogP contribution in [0.1, 0.15) is 13.3 Å². The maximum absolute atomic E-state index is 12.0. The predicted molar refractivity (Wildman–Crippen MR) is 61.9 cm³/mol. The van der Waals surface area contributed by atoms with Gasteiger partial charge in [0.05, 0.1) is 5.92 Å². The van der Waals surface area contributed by atoms with Crippen LogP contribution in [0.4, 0.5) is 10.7 Å². The number of carboxylic acid groups (broad SMARTS) is 1. The average Bonchev–Trinajstić information content (AvgIpc) is 2.86. The molecular weight excluding hydrogens is 238 g/mol. The second-order valence-corrected chi connectivity index (χ2v) is 4.30. The second kappa shape index (κ2) is 4.63. The van der Waals surface area contributed by atoms with E-state index < -0.39 is 11.9 Å². The standard InChI is InChI=1S/C10H15N5O3/c1-6-7(8(16)17)3-4-15(6)10(18)13-9-11-5-12-14(9)2/h5-7H,3-4H2,1-2H3,(H,16,17)(H,11,12,13,18). The Labute approximate surface area is 104 Å². The van der Waals surface area contributed by atoms with Crippen LogP contribution in [-0.4, -0.2) is 49.4 Å². The number of hydrogen-bond donors (Lipinski definition) is 2. The number of aryl methyl sites for hydroxylation is 1. The molecule has 1 aromatic heterocycles. The normalized spacial score (nSPS) is 23.1. The molecular formula is C10H15N5O3. The summed E-state index contributed by atoms with van der Waals surface area (Å²) in [7, 11) is 1.66. The van der Waals surface area contributed by atoms with Crippen molar-refractivity contribution in [1.82, 2.24) is 19.7 Å². The van der Waals surface area contributed by atoms with Crippen molar-refractivity contribution in [1.29, 1.82) is 0 Å². The summed E-state index contributed by atoms with van der Waals surface area (Å²) in [5, 5.41) is 15.4. The van der Waals surface area contributed by atoms with E-state index in [2.05, 4.69) is 15.4 Å². The van der Waals surface area contributed by atoms with Crippen LogP contribution in [0.5, 0.6) is 0 Å². The van der Waals surface area contributed by atoms with Crippen LogP contribution in [0.2, 0.25) is 0 Å². The molecule has 0 aliphatic carbocycles. The maximum Gasteiger partial charge on any atom is 0.324 e. The molecule has 18 heavy (non-hydrogen) atoms. The zero-order valence-electron chi connectivity index (χ0n) is 10.2. The lowest BCUT2D eigenvalue weighted by Crippen LogP contribution is -2.40. The van der Waals surface area contributed by atoms with Gasteiger partial charge in [0.2, 0.25) is 5.95 Å². The molecule has 1 aliphatic rings. The third kappa shape index (κ3) is 2.13. The Bertz CT molecular complexity index is 472. The second-order valence-electron chi connectivity index (χ2n) is 4.30. The summed E-state index contributed by atoms with van der Waals surface area (Å²) in [6.45, 7) is 2.17. The van der Waals surface area contributed by atoms with Crippen LogP contribution in [-0.2, 0) is 11.8 Å². The Morgan fingerprint density at radius 3 is 2.78 bits per heavy atom. The van der Waals surface area contributed by atoms with E-state index >= 15 is 0 Å². The molecule has 8 nitrogen and oxygen atoms in total. The number of carbonyl (C=O) groups is 2. The van der Waals surface area contributed by atoms with Crippen molar-refractivity contribution in [3.05, 3.63) is 6.33 Å². The third-order valence-electron chi connectivity index (χ3n) is 3.26. The van der Waals surface area contributed by atoms with E-state index in [1.54, 1.807) is 14.0 Å². The number of aliphatic carboxylic acids is 1. The number of rotatable bonds is 2. The fourth-order valence-electron chi connectivity index (χ4n) is 2.13. The Hall–Kier alpha value is -2.12. The molecule has 2 heterocycles. The summed E-state index contributed by atoms with van der Waals surface area (Å²) in [5.74, 6) is -1.03. The lowest BCUT2D eigenvalue weighted by molar-refractivity contribution is -0.142. The van der Waals surface area contributed by atoms with Crippen molar-refractivity contribution in [2.45, 2.75) is 19.4 Å². The van der Waals surface area contributed by atoms with Gasteiger partial charge in [-0.1, -0.05) is 0 Å². The number of anilines is 1. The number of carboxylic acids is 1. The van der Waals surface area contributed by atoms with E-state index in [0.717, 1.165) is 0 Å². The van der Waals surface area contributed by atoms with Gasteiger partial charge in [-0.15, -0.1) is 0 Å². The molecule has 1 saturated heterocycles. The molecule has 0 saturated carbocycles. The zero-order chi connectivity index (χ0) is 13.3. The van der Waals surface area contributed by atoms with Crippen molar-refractivity contribution in [3.63, 3.8) is 0 Å². The molecule has 0 radical (unpaired) electrons. The van der Waals surface area contributed by atoms with Crippen LogP contribution in [0.25, 0.3) is 0 Å². The fourth-order valence-corrected chi connectivity index (χ4v) is 2.13. The number of carbonyl (C=O) groups excluding carboxylic acids is 1. The minimum atomic E-state index is -0.864. The molecule has 98 valence electrons. The first-order chi connectivity index (χ1) is 8.50. The highest BCUT2D eigenvalue weighted by atomic mass is 16.4. The summed E-state index contributed by atoms with van der Waals surface area (Å²) in [4.78, 5) is 28.3.